The molecule has 0 radical (unpaired) electrons. The standard InChI is InChI=1S/C15H24N2O2S/c1-15(2,3)19-14(18)16-9-11-5-4-6-13(11)17-12-7-8-20-10-12/h7-8,10-11,13,17H,4-6,9H2,1-3H3,(H,16,18). The first-order valence-corrected chi connectivity index (χ1v) is 8.14. The number of ether oxygens (including phenoxy) is 1. The molecule has 2 N–H and O–H groups in total. The number of carbonyl (C=O) groups is 1. The number of rotatable bonds is 4. The SMILES string of the molecule is CC(C)(C)OC(=O)NCC1CCCC1Nc1ccsc1. The van der Waals surface area contributed by atoms with Crippen molar-refractivity contribution in [3.63, 3.8) is 0 Å². The zero-order chi connectivity index (χ0) is 14.6. The highest BCUT2D eigenvalue weighted by atomic mass is 32.1. The fraction of sp³-hybridized carbons (Fsp3) is 0.667. The van der Waals surface area contributed by atoms with E-state index in [1.54, 1.807) is 11.3 Å². The maximum absolute atomic E-state index is 11.7. The maximum atomic E-state index is 11.7. The largest absolute Gasteiger partial charge is 0.444 e. The maximum Gasteiger partial charge on any atom is 0.407 e. The number of carbonyl (C=O) groups excluding carboxylic acids is 1. The topological polar surface area (TPSA) is 50.4 Å². The van der Waals surface area contributed by atoms with Crippen LogP contribution < -0.4 is 10.6 Å². The first kappa shape index (κ1) is 15.2. The summed E-state index contributed by atoms with van der Waals surface area (Å²) in [6, 6.07) is 2.54. The molecule has 1 aromatic heterocycles. The fourth-order valence-electron chi connectivity index (χ4n) is 2.56. The van der Waals surface area contributed by atoms with E-state index >= 15 is 0 Å². The summed E-state index contributed by atoms with van der Waals surface area (Å²) in [5.74, 6) is 0.474. The third kappa shape index (κ3) is 4.71. The average Bonchev–Trinajstić information content (AvgIpc) is 2.96. The Labute approximate surface area is 124 Å². The fourth-order valence-corrected chi connectivity index (χ4v) is 3.16. The van der Waals surface area contributed by atoms with Crippen molar-refractivity contribution >= 4 is 23.1 Å². The Balaban J connectivity index is 1.78. The van der Waals surface area contributed by atoms with Crippen LogP contribution in [0.5, 0.6) is 0 Å². The lowest BCUT2D eigenvalue weighted by Gasteiger charge is -2.24. The molecule has 112 valence electrons. The Morgan fingerprint density at radius 3 is 2.90 bits per heavy atom. The molecule has 1 aliphatic carbocycles. The minimum absolute atomic E-state index is 0.321. The summed E-state index contributed by atoms with van der Waals surface area (Å²) < 4.78 is 5.27. The van der Waals surface area contributed by atoms with Gasteiger partial charge < -0.3 is 15.4 Å². The van der Waals surface area contributed by atoms with Crippen LogP contribution in [0.4, 0.5) is 10.5 Å². The van der Waals surface area contributed by atoms with Crippen LogP contribution >= 0.6 is 11.3 Å². The van der Waals surface area contributed by atoms with Gasteiger partial charge in [-0.25, -0.2) is 4.79 Å². The summed E-state index contributed by atoms with van der Waals surface area (Å²) in [6.45, 7) is 6.31. The first-order chi connectivity index (χ1) is 9.44. The highest BCUT2D eigenvalue weighted by Crippen LogP contribution is 2.28. The van der Waals surface area contributed by atoms with E-state index in [4.69, 9.17) is 4.74 Å². The van der Waals surface area contributed by atoms with Crippen molar-refractivity contribution in [3.05, 3.63) is 16.8 Å². The molecule has 0 saturated heterocycles. The lowest BCUT2D eigenvalue weighted by atomic mass is 10.0. The second-order valence-electron chi connectivity index (χ2n) is 6.34. The predicted molar refractivity (Wildman–Crippen MR) is 83.3 cm³/mol. The van der Waals surface area contributed by atoms with Gasteiger partial charge in [0.2, 0.25) is 0 Å². The van der Waals surface area contributed by atoms with Gasteiger partial charge >= 0.3 is 6.09 Å². The highest BCUT2D eigenvalue weighted by molar-refractivity contribution is 7.08. The Morgan fingerprint density at radius 1 is 1.45 bits per heavy atom. The van der Waals surface area contributed by atoms with E-state index in [-0.39, 0.29) is 6.09 Å². The number of nitrogens with one attached hydrogen (secondary N) is 2. The molecule has 2 atom stereocenters. The molecule has 2 unspecified atom stereocenters. The van der Waals surface area contributed by atoms with E-state index in [1.807, 2.05) is 20.8 Å². The smallest absolute Gasteiger partial charge is 0.407 e. The summed E-state index contributed by atoms with van der Waals surface area (Å²) in [5.41, 5.74) is 0.748. The number of amides is 1. The first-order valence-electron chi connectivity index (χ1n) is 7.19. The van der Waals surface area contributed by atoms with Crippen molar-refractivity contribution < 1.29 is 9.53 Å². The molecule has 1 fully saturated rings. The average molecular weight is 296 g/mol. The van der Waals surface area contributed by atoms with E-state index in [2.05, 4.69) is 27.5 Å². The summed E-state index contributed by atoms with van der Waals surface area (Å²) in [5, 5.41) is 10.6. The van der Waals surface area contributed by atoms with Crippen molar-refractivity contribution in [3.8, 4) is 0 Å². The van der Waals surface area contributed by atoms with Crippen LogP contribution in [0.15, 0.2) is 16.8 Å². The molecule has 0 aromatic carbocycles. The Hall–Kier alpha value is -1.23. The van der Waals surface area contributed by atoms with Crippen LogP contribution in [-0.4, -0.2) is 24.3 Å². The van der Waals surface area contributed by atoms with Gasteiger partial charge in [0.05, 0.1) is 0 Å². The van der Waals surface area contributed by atoms with Crippen LogP contribution in [0.2, 0.25) is 0 Å². The van der Waals surface area contributed by atoms with Gasteiger partial charge in [0.25, 0.3) is 0 Å². The molecule has 1 aromatic rings. The van der Waals surface area contributed by atoms with Crippen molar-refractivity contribution in [1.29, 1.82) is 0 Å². The van der Waals surface area contributed by atoms with E-state index < -0.39 is 5.60 Å². The molecule has 4 nitrogen and oxygen atoms in total. The minimum Gasteiger partial charge on any atom is -0.444 e. The van der Waals surface area contributed by atoms with Crippen LogP contribution in [0.25, 0.3) is 0 Å². The van der Waals surface area contributed by atoms with Crippen molar-refractivity contribution in [1.82, 2.24) is 5.32 Å². The summed E-state index contributed by atoms with van der Waals surface area (Å²) in [7, 11) is 0. The van der Waals surface area contributed by atoms with E-state index in [9.17, 15) is 4.79 Å². The Bertz CT molecular complexity index is 426. The minimum atomic E-state index is -0.436. The van der Waals surface area contributed by atoms with Gasteiger partial charge in [-0.1, -0.05) is 6.42 Å². The van der Waals surface area contributed by atoms with Crippen molar-refractivity contribution in [2.24, 2.45) is 5.92 Å². The summed E-state index contributed by atoms with van der Waals surface area (Å²) in [4.78, 5) is 11.7. The lowest BCUT2D eigenvalue weighted by Crippen LogP contribution is -2.38. The van der Waals surface area contributed by atoms with Gasteiger partial charge in [0.1, 0.15) is 5.60 Å². The predicted octanol–water partition coefficient (Wildman–Crippen LogP) is 3.85. The molecule has 20 heavy (non-hydrogen) atoms. The molecule has 1 heterocycles. The third-order valence-corrected chi connectivity index (χ3v) is 4.12. The molecule has 2 rings (SSSR count). The highest BCUT2D eigenvalue weighted by Gasteiger charge is 2.28. The van der Waals surface area contributed by atoms with Crippen LogP contribution in [0, 0.1) is 5.92 Å². The molecule has 0 aliphatic heterocycles. The molecule has 5 heteroatoms. The summed E-state index contributed by atoms with van der Waals surface area (Å²) in [6.07, 6.45) is 3.20. The van der Waals surface area contributed by atoms with Gasteiger partial charge in [-0.15, -0.1) is 0 Å². The Morgan fingerprint density at radius 2 is 2.25 bits per heavy atom. The Kier molecular flexibility index (Phi) is 4.91. The van der Waals surface area contributed by atoms with Crippen LogP contribution in [-0.2, 0) is 4.74 Å². The third-order valence-electron chi connectivity index (χ3n) is 3.44. The van der Waals surface area contributed by atoms with Gasteiger partial charge in [-0.3, -0.25) is 0 Å². The van der Waals surface area contributed by atoms with Gasteiger partial charge in [-0.2, -0.15) is 11.3 Å². The second kappa shape index (κ2) is 6.48. The van der Waals surface area contributed by atoms with Crippen LogP contribution in [0.3, 0.4) is 0 Å². The number of hydrogen-bond donors (Lipinski definition) is 2. The van der Waals surface area contributed by atoms with Crippen molar-refractivity contribution in [2.45, 2.75) is 51.7 Å². The second-order valence-corrected chi connectivity index (χ2v) is 7.12. The molecule has 0 bridgehead atoms. The molecule has 1 aliphatic rings. The van der Waals surface area contributed by atoms with Gasteiger partial charge in [0.15, 0.2) is 0 Å². The van der Waals surface area contributed by atoms with E-state index in [1.165, 1.54) is 12.1 Å². The van der Waals surface area contributed by atoms with E-state index in [0.717, 1.165) is 12.8 Å². The monoisotopic (exact) mass is 296 g/mol. The molecule has 1 saturated carbocycles. The molecular weight excluding hydrogens is 272 g/mol. The molecule has 0 spiro atoms. The van der Waals surface area contributed by atoms with Crippen LogP contribution in [0.1, 0.15) is 40.0 Å². The molecule has 1 amide bonds. The van der Waals surface area contributed by atoms with Gasteiger partial charge in [-0.05, 0) is 51.0 Å². The number of hydrogen-bond acceptors (Lipinski definition) is 4. The lowest BCUT2D eigenvalue weighted by molar-refractivity contribution is 0.0519. The van der Waals surface area contributed by atoms with Crippen molar-refractivity contribution in [2.75, 3.05) is 11.9 Å². The van der Waals surface area contributed by atoms with E-state index in [0.29, 0.717) is 18.5 Å². The zero-order valence-corrected chi connectivity index (χ0v) is 13.3. The van der Waals surface area contributed by atoms with Gasteiger partial charge in [0, 0.05) is 23.7 Å². The zero-order valence-electron chi connectivity index (χ0n) is 12.4. The molecular formula is C15H24N2O2S. The summed E-state index contributed by atoms with van der Waals surface area (Å²) >= 11 is 1.70. The number of alkyl carbamates (subject to hydrolysis) is 1. The normalized spacial score (nSPS) is 22.6. The number of thiophene rings is 1. The quantitative estimate of drug-likeness (QED) is 0.887. The number of anilines is 1.